The first-order valence-electron chi connectivity index (χ1n) is 6.35. The lowest BCUT2D eigenvalue weighted by atomic mass is 9.95. The molecular weight excluding hydrogens is 248 g/mol. The van der Waals surface area contributed by atoms with E-state index in [1.165, 1.54) is 5.56 Å². The highest BCUT2D eigenvalue weighted by Gasteiger charge is 2.30. The Morgan fingerprint density at radius 1 is 1.44 bits per heavy atom. The number of carbonyl (C=O) groups excluding carboxylic acids is 1. The van der Waals surface area contributed by atoms with E-state index in [1.807, 2.05) is 32.0 Å². The maximum atomic E-state index is 11.7. The molecule has 1 aromatic carbocycles. The summed E-state index contributed by atoms with van der Waals surface area (Å²) in [5, 5.41) is 0.746. The average Bonchev–Trinajstić information content (AvgIpc) is 2.27. The molecule has 2 rings (SSSR count). The molecule has 0 radical (unpaired) electrons. The fourth-order valence-electron chi connectivity index (χ4n) is 2.73. The lowest BCUT2D eigenvalue weighted by Crippen LogP contribution is -2.50. The highest BCUT2D eigenvalue weighted by atomic mass is 35.5. The van der Waals surface area contributed by atoms with Gasteiger partial charge in [-0.05, 0) is 42.5 Å². The molecule has 0 saturated carbocycles. The van der Waals surface area contributed by atoms with Crippen LogP contribution in [0.5, 0.6) is 0 Å². The maximum Gasteiger partial charge on any atom is 0.240 e. The quantitative estimate of drug-likeness (QED) is 0.914. The summed E-state index contributed by atoms with van der Waals surface area (Å²) in [5.41, 5.74) is 7.86. The molecule has 4 heteroatoms. The molecule has 98 valence electrons. The minimum atomic E-state index is -0.257. The SMILES string of the molecule is CC(C)[C@@H](C(N)=O)N1CCCc2cc(Cl)ccc21. The van der Waals surface area contributed by atoms with Gasteiger partial charge in [0.1, 0.15) is 6.04 Å². The van der Waals surface area contributed by atoms with Crippen molar-refractivity contribution in [2.75, 3.05) is 11.4 Å². The van der Waals surface area contributed by atoms with Gasteiger partial charge in [0.2, 0.25) is 5.91 Å². The topological polar surface area (TPSA) is 46.3 Å². The molecule has 1 amide bonds. The van der Waals surface area contributed by atoms with Crippen LogP contribution < -0.4 is 10.6 Å². The van der Waals surface area contributed by atoms with E-state index < -0.39 is 0 Å². The van der Waals surface area contributed by atoms with E-state index in [9.17, 15) is 4.79 Å². The van der Waals surface area contributed by atoms with Crippen LogP contribution in [-0.2, 0) is 11.2 Å². The van der Waals surface area contributed by atoms with Crippen LogP contribution in [-0.4, -0.2) is 18.5 Å². The number of fused-ring (bicyclic) bond motifs is 1. The molecule has 0 bridgehead atoms. The first kappa shape index (κ1) is 13.2. The molecule has 0 aliphatic carbocycles. The van der Waals surface area contributed by atoms with Gasteiger partial charge in [-0.2, -0.15) is 0 Å². The molecule has 0 spiro atoms. The number of benzene rings is 1. The molecular formula is C14H19ClN2O. The van der Waals surface area contributed by atoms with Crippen molar-refractivity contribution in [3.8, 4) is 0 Å². The van der Waals surface area contributed by atoms with Gasteiger partial charge in [-0.25, -0.2) is 0 Å². The number of halogens is 1. The van der Waals surface area contributed by atoms with E-state index in [0.717, 1.165) is 30.1 Å². The molecule has 1 heterocycles. The molecule has 1 aliphatic heterocycles. The second kappa shape index (κ2) is 5.19. The first-order valence-corrected chi connectivity index (χ1v) is 6.73. The highest BCUT2D eigenvalue weighted by molar-refractivity contribution is 6.30. The van der Waals surface area contributed by atoms with Gasteiger partial charge < -0.3 is 10.6 Å². The van der Waals surface area contributed by atoms with Gasteiger partial charge in [0, 0.05) is 17.3 Å². The second-order valence-corrected chi connectivity index (χ2v) is 5.60. The minimum absolute atomic E-state index is 0.198. The Morgan fingerprint density at radius 3 is 2.78 bits per heavy atom. The fourth-order valence-corrected chi connectivity index (χ4v) is 2.92. The lowest BCUT2D eigenvalue weighted by Gasteiger charge is -2.38. The molecule has 3 nitrogen and oxygen atoms in total. The van der Waals surface area contributed by atoms with Crippen molar-refractivity contribution < 1.29 is 4.79 Å². The average molecular weight is 267 g/mol. The van der Waals surface area contributed by atoms with E-state index in [4.69, 9.17) is 17.3 Å². The predicted octanol–water partition coefficient (Wildman–Crippen LogP) is 2.60. The van der Waals surface area contributed by atoms with Crippen LogP contribution in [0, 0.1) is 5.92 Å². The molecule has 1 atom stereocenters. The summed E-state index contributed by atoms with van der Waals surface area (Å²) < 4.78 is 0. The van der Waals surface area contributed by atoms with E-state index in [-0.39, 0.29) is 17.9 Å². The Morgan fingerprint density at radius 2 is 2.17 bits per heavy atom. The normalized spacial score (nSPS) is 16.6. The van der Waals surface area contributed by atoms with Crippen LogP contribution >= 0.6 is 11.6 Å². The van der Waals surface area contributed by atoms with Crippen molar-refractivity contribution in [2.24, 2.45) is 11.7 Å². The molecule has 18 heavy (non-hydrogen) atoms. The number of anilines is 1. The van der Waals surface area contributed by atoms with E-state index in [0.29, 0.717) is 0 Å². The third kappa shape index (κ3) is 2.46. The molecule has 1 aliphatic rings. The number of hydrogen-bond acceptors (Lipinski definition) is 2. The number of aryl methyl sites for hydroxylation is 1. The van der Waals surface area contributed by atoms with Gasteiger partial charge in [-0.15, -0.1) is 0 Å². The Bertz CT molecular complexity index is 459. The number of nitrogens with zero attached hydrogens (tertiary/aromatic N) is 1. The predicted molar refractivity (Wildman–Crippen MR) is 74.9 cm³/mol. The van der Waals surface area contributed by atoms with E-state index in [2.05, 4.69) is 4.90 Å². The van der Waals surface area contributed by atoms with E-state index >= 15 is 0 Å². The van der Waals surface area contributed by atoms with Crippen molar-refractivity contribution in [3.05, 3.63) is 28.8 Å². The number of amides is 1. The summed E-state index contributed by atoms with van der Waals surface area (Å²) in [4.78, 5) is 13.8. The standard InChI is InChI=1S/C14H19ClN2O/c1-9(2)13(14(16)18)17-7-3-4-10-8-11(15)5-6-12(10)17/h5-6,8-9,13H,3-4,7H2,1-2H3,(H2,16,18)/t13-/m0/s1. The third-order valence-corrected chi connectivity index (χ3v) is 3.69. The van der Waals surface area contributed by atoms with Crippen LogP contribution in [0.15, 0.2) is 18.2 Å². The summed E-state index contributed by atoms with van der Waals surface area (Å²) in [6.45, 7) is 4.93. The summed E-state index contributed by atoms with van der Waals surface area (Å²) >= 11 is 6.02. The number of carbonyl (C=O) groups is 1. The highest BCUT2D eigenvalue weighted by Crippen LogP contribution is 2.32. The largest absolute Gasteiger partial charge is 0.368 e. The first-order chi connectivity index (χ1) is 8.50. The van der Waals surface area contributed by atoms with Crippen molar-refractivity contribution in [2.45, 2.75) is 32.7 Å². The van der Waals surface area contributed by atoms with Crippen LogP contribution in [0.25, 0.3) is 0 Å². The lowest BCUT2D eigenvalue weighted by molar-refractivity contribution is -0.120. The van der Waals surface area contributed by atoms with E-state index in [1.54, 1.807) is 0 Å². The van der Waals surface area contributed by atoms with Crippen LogP contribution in [0.2, 0.25) is 5.02 Å². The van der Waals surface area contributed by atoms with Crippen molar-refractivity contribution >= 4 is 23.2 Å². The summed E-state index contributed by atoms with van der Waals surface area (Å²) in [6.07, 6.45) is 2.04. The second-order valence-electron chi connectivity index (χ2n) is 5.16. The van der Waals surface area contributed by atoms with Gasteiger partial charge in [0.25, 0.3) is 0 Å². The number of primary amides is 1. The minimum Gasteiger partial charge on any atom is -0.368 e. The third-order valence-electron chi connectivity index (χ3n) is 3.45. The van der Waals surface area contributed by atoms with Gasteiger partial charge in [0.05, 0.1) is 0 Å². The monoisotopic (exact) mass is 266 g/mol. The van der Waals surface area contributed by atoms with Crippen molar-refractivity contribution in [1.82, 2.24) is 0 Å². The molecule has 0 unspecified atom stereocenters. The fraction of sp³-hybridized carbons (Fsp3) is 0.500. The Kier molecular flexibility index (Phi) is 3.81. The molecule has 1 aromatic rings. The Hall–Kier alpha value is -1.22. The molecule has 2 N–H and O–H groups in total. The van der Waals surface area contributed by atoms with Gasteiger partial charge in [-0.1, -0.05) is 25.4 Å². The van der Waals surface area contributed by atoms with Gasteiger partial charge in [-0.3, -0.25) is 4.79 Å². The Balaban J connectivity index is 2.40. The molecule has 0 fully saturated rings. The van der Waals surface area contributed by atoms with Gasteiger partial charge in [0.15, 0.2) is 0 Å². The van der Waals surface area contributed by atoms with Crippen LogP contribution in [0.3, 0.4) is 0 Å². The zero-order valence-corrected chi connectivity index (χ0v) is 11.6. The number of hydrogen-bond donors (Lipinski definition) is 1. The van der Waals surface area contributed by atoms with Crippen molar-refractivity contribution in [1.29, 1.82) is 0 Å². The summed E-state index contributed by atoms with van der Waals surface area (Å²) in [6, 6.07) is 5.61. The van der Waals surface area contributed by atoms with Crippen molar-refractivity contribution in [3.63, 3.8) is 0 Å². The number of rotatable bonds is 3. The Labute approximate surface area is 113 Å². The maximum absolute atomic E-state index is 11.7. The summed E-state index contributed by atoms with van der Waals surface area (Å²) in [7, 11) is 0. The van der Waals surface area contributed by atoms with Crippen LogP contribution in [0.1, 0.15) is 25.8 Å². The zero-order valence-electron chi connectivity index (χ0n) is 10.8. The zero-order chi connectivity index (χ0) is 13.3. The van der Waals surface area contributed by atoms with Gasteiger partial charge >= 0.3 is 0 Å². The smallest absolute Gasteiger partial charge is 0.240 e. The molecule has 0 saturated heterocycles. The number of nitrogens with two attached hydrogens (primary N) is 1. The van der Waals surface area contributed by atoms with Crippen LogP contribution in [0.4, 0.5) is 5.69 Å². The molecule has 0 aromatic heterocycles. The summed E-state index contributed by atoms with van der Waals surface area (Å²) in [5.74, 6) is -0.0584.